The minimum atomic E-state index is -1.63. The molecule has 0 spiro atoms. The molecule has 5 nitrogen and oxygen atoms in total. The van der Waals surface area contributed by atoms with Crippen LogP contribution in [-0.2, 0) is 19.1 Å². The number of aliphatic carboxylic acids is 1. The molecule has 0 saturated heterocycles. The van der Waals surface area contributed by atoms with Gasteiger partial charge in [-0.05, 0) is 13.8 Å². The summed E-state index contributed by atoms with van der Waals surface area (Å²) in [5.74, 6) is -4.74. The first-order valence-electron chi connectivity index (χ1n) is 5.05. The maximum absolute atomic E-state index is 11.5. The first-order chi connectivity index (χ1) is 7.07. The zero-order valence-electron chi connectivity index (χ0n) is 10.2. The molecule has 2 unspecified atom stereocenters. The van der Waals surface area contributed by atoms with Crippen molar-refractivity contribution in [3.63, 3.8) is 0 Å². The predicted molar refractivity (Wildman–Crippen MR) is 60.7 cm³/mol. The quantitative estimate of drug-likeness (QED) is 0.340. The van der Waals surface area contributed by atoms with Crippen molar-refractivity contribution in [1.82, 2.24) is 0 Å². The maximum atomic E-state index is 11.5. The number of Topliss-reactive ketones (excluding diaryl/α,β-unsaturated/α-hetero) is 1. The summed E-state index contributed by atoms with van der Waals surface area (Å²) < 4.78 is 5.09. The molecule has 0 rings (SSSR count). The molecular weight excluding hydrogens is 228 g/mol. The van der Waals surface area contributed by atoms with Gasteiger partial charge in [0.2, 0.25) is 0 Å². The number of carboxylic acids is 1. The summed E-state index contributed by atoms with van der Waals surface area (Å²) in [7, 11) is -1.63. The first kappa shape index (κ1) is 14.8. The van der Waals surface area contributed by atoms with Crippen molar-refractivity contribution in [2.45, 2.75) is 39.2 Å². The second-order valence-electron chi connectivity index (χ2n) is 4.84. The van der Waals surface area contributed by atoms with Gasteiger partial charge in [0.25, 0.3) is 5.78 Å². The summed E-state index contributed by atoms with van der Waals surface area (Å²) in [4.78, 5) is 32.9. The first-order valence-corrected chi connectivity index (χ1v) is 8.62. The third kappa shape index (κ3) is 4.14. The van der Waals surface area contributed by atoms with E-state index in [-0.39, 0.29) is 5.73 Å². The van der Waals surface area contributed by atoms with Gasteiger partial charge in [-0.1, -0.05) is 19.6 Å². The minimum Gasteiger partial charge on any atom is -0.475 e. The molecule has 0 saturated carbocycles. The molecule has 0 aromatic rings. The van der Waals surface area contributed by atoms with Crippen molar-refractivity contribution >= 4 is 25.8 Å². The lowest BCUT2D eigenvalue weighted by Gasteiger charge is -2.25. The fraction of sp³-hybridized carbons (Fsp3) is 0.700. The number of carbonyl (C=O) groups is 3. The van der Waals surface area contributed by atoms with Crippen molar-refractivity contribution in [1.29, 1.82) is 0 Å². The Hall–Kier alpha value is -1.17. The molecule has 0 heterocycles. The number of carboxylic acid groups (broad SMARTS) is 1. The van der Waals surface area contributed by atoms with Crippen LogP contribution in [0, 0.1) is 5.92 Å². The van der Waals surface area contributed by atoms with Crippen LogP contribution in [0.25, 0.3) is 0 Å². The zero-order chi connectivity index (χ0) is 13.1. The number of carbonyl (C=O) groups excluding carboxylic acids is 2. The summed E-state index contributed by atoms with van der Waals surface area (Å²) in [5.41, 5.74) is -0.246. The molecular formula is C10H18O5Si. The average molecular weight is 246 g/mol. The zero-order valence-corrected chi connectivity index (χ0v) is 11.2. The number of hydrogen-bond donors (Lipinski definition) is 1. The van der Waals surface area contributed by atoms with Gasteiger partial charge in [0.15, 0.2) is 0 Å². The van der Waals surface area contributed by atoms with Gasteiger partial charge in [-0.15, -0.1) is 0 Å². The third-order valence-electron chi connectivity index (χ3n) is 2.47. The highest BCUT2D eigenvalue weighted by atomic mass is 28.3. The van der Waals surface area contributed by atoms with Crippen LogP contribution in [0.4, 0.5) is 0 Å². The van der Waals surface area contributed by atoms with E-state index in [0.717, 1.165) is 0 Å². The van der Waals surface area contributed by atoms with Crippen molar-refractivity contribution in [2.75, 3.05) is 0 Å². The molecule has 1 N–H and O–H groups in total. The Balaban J connectivity index is 4.49. The number of esters is 1. The van der Waals surface area contributed by atoms with Gasteiger partial charge in [-0.2, -0.15) is 0 Å². The molecule has 2 atom stereocenters. The van der Waals surface area contributed by atoms with Crippen molar-refractivity contribution < 1.29 is 24.2 Å². The van der Waals surface area contributed by atoms with Crippen LogP contribution in [0.3, 0.4) is 0 Å². The van der Waals surface area contributed by atoms with E-state index >= 15 is 0 Å². The van der Waals surface area contributed by atoms with Crippen molar-refractivity contribution in [2.24, 2.45) is 5.92 Å². The van der Waals surface area contributed by atoms with Crippen LogP contribution >= 0.6 is 0 Å². The van der Waals surface area contributed by atoms with Crippen LogP contribution < -0.4 is 0 Å². The molecule has 92 valence electrons. The molecule has 0 aliphatic rings. The van der Waals surface area contributed by atoms with E-state index < -0.39 is 31.7 Å². The maximum Gasteiger partial charge on any atom is 0.373 e. The Labute approximate surface area is 95.8 Å². The number of hydrogen-bond acceptors (Lipinski definition) is 4. The highest BCUT2D eigenvalue weighted by Gasteiger charge is 2.32. The fourth-order valence-corrected chi connectivity index (χ4v) is 1.22. The lowest BCUT2D eigenvalue weighted by atomic mass is 10.1. The molecule has 0 bridgehead atoms. The van der Waals surface area contributed by atoms with E-state index in [1.54, 1.807) is 6.92 Å². The monoisotopic (exact) mass is 246 g/mol. The molecule has 0 radical (unpaired) electrons. The van der Waals surface area contributed by atoms with E-state index in [2.05, 4.69) is 0 Å². The molecule has 16 heavy (non-hydrogen) atoms. The van der Waals surface area contributed by atoms with E-state index in [1.807, 2.05) is 19.6 Å². The Morgan fingerprint density at radius 1 is 1.12 bits per heavy atom. The van der Waals surface area contributed by atoms with Crippen LogP contribution in [-0.4, -0.2) is 36.6 Å². The summed E-state index contributed by atoms with van der Waals surface area (Å²) in [6.07, 6.45) is 0. The van der Waals surface area contributed by atoms with E-state index in [4.69, 9.17) is 9.84 Å². The van der Waals surface area contributed by atoms with E-state index in [1.165, 1.54) is 6.92 Å². The molecule has 0 aliphatic heterocycles. The Morgan fingerprint density at radius 3 is 1.88 bits per heavy atom. The van der Waals surface area contributed by atoms with Gasteiger partial charge in [-0.25, -0.2) is 4.79 Å². The van der Waals surface area contributed by atoms with Gasteiger partial charge >= 0.3 is 11.9 Å². The van der Waals surface area contributed by atoms with Crippen LogP contribution in [0.1, 0.15) is 13.8 Å². The smallest absolute Gasteiger partial charge is 0.373 e. The Morgan fingerprint density at radius 2 is 1.56 bits per heavy atom. The standard InChI is InChI=1S/C10H18O5Si/c1-6(8(11)9(12)13)10(14)15-7(2)16(3,4)5/h6-7H,1-5H3,(H,12,13). The highest BCUT2D eigenvalue weighted by Crippen LogP contribution is 2.13. The van der Waals surface area contributed by atoms with Crippen LogP contribution in [0.5, 0.6) is 0 Å². The molecule has 6 heteroatoms. The molecule has 0 fully saturated rings. The highest BCUT2D eigenvalue weighted by molar-refractivity contribution is 6.77. The number of ether oxygens (including phenoxy) is 1. The van der Waals surface area contributed by atoms with Gasteiger partial charge in [0, 0.05) is 0 Å². The normalized spacial score (nSPS) is 15.1. The Bertz CT molecular complexity index is 305. The van der Waals surface area contributed by atoms with Gasteiger partial charge in [0.05, 0.1) is 13.8 Å². The summed E-state index contributed by atoms with van der Waals surface area (Å²) >= 11 is 0. The number of rotatable bonds is 5. The minimum absolute atomic E-state index is 0.246. The fourth-order valence-electron chi connectivity index (χ4n) is 0.745. The second-order valence-corrected chi connectivity index (χ2v) is 10.4. The van der Waals surface area contributed by atoms with E-state index in [9.17, 15) is 14.4 Å². The topological polar surface area (TPSA) is 80.7 Å². The molecule has 0 aromatic carbocycles. The SMILES string of the molecule is CC(C(=O)OC(C)[Si](C)(C)C)C(=O)C(=O)O. The molecule has 0 amide bonds. The van der Waals surface area contributed by atoms with Gasteiger partial charge in [0.1, 0.15) is 5.92 Å². The van der Waals surface area contributed by atoms with Gasteiger partial charge < -0.3 is 9.84 Å². The molecule has 0 aliphatic carbocycles. The second kappa shape index (κ2) is 5.24. The lowest BCUT2D eigenvalue weighted by Crippen LogP contribution is -2.41. The van der Waals surface area contributed by atoms with Crippen LogP contribution in [0.15, 0.2) is 0 Å². The largest absolute Gasteiger partial charge is 0.475 e. The van der Waals surface area contributed by atoms with Crippen LogP contribution in [0.2, 0.25) is 19.6 Å². The summed E-state index contributed by atoms with van der Waals surface area (Å²) in [6, 6.07) is 0. The van der Waals surface area contributed by atoms with Gasteiger partial charge in [-0.3, -0.25) is 9.59 Å². The number of ketones is 1. The Kier molecular flexibility index (Phi) is 4.86. The summed E-state index contributed by atoms with van der Waals surface area (Å²) in [6.45, 7) is 9.08. The van der Waals surface area contributed by atoms with Crippen molar-refractivity contribution in [3.05, 3.63) is 0 Å². The third-order valence-corrected chi connectivity index (χ3v) is 5.03. The average Bonchev–Trinajstić information content (AvgIpc) is 2.13. The van der Waals surface area contributed by atoms with E-state index in [0.29, 0.717) is 0 Å². The molecule has 0 aromatic heterocycles. The lowest BCUT2D eigenvalue weighted by molar-refractivity contribution is -0.159. The van der Waals surface area contributed by atoms with Crippen molar-refractivity contribution in [3.8, 4) is 0 Å². The summed E-state index contributed by atoms with van der Waals surface area (Å²) in [5, 5.41) is 8.45. The predicted octanol–water partition coefficient (Wildman–Crippen LogP) is 1.09.